The van der Waals surface area contributed by atoms with Crippen LogP contribution in [0.25, 0.3) is 10.9 Å². The number of halogens is 3. The highest BCUT2D eigenvalue weighted by Gasteiger charge is 2.45. The van der Waals surface area contributed by atoms with Crippen molar-refractivity contribution in [1.29, 1.82) is 0 Å². The van der Waals surface area contributed by atoms with E-state index in [4.69, 9.17) is 0 Å². The summed E-state index contributed by atoms with van der Waals surface area (Å²) in [6, 6.07) is 9.78. The lowest BCUT2D eigenvalue weighted by Crippen LogP contribution is -2.44. The van der Waals surface area contributed by atoms with E-state index in [1.54, 1.807) is 19.1 Å². The lowest BCUT2D eigenvalue weighted by Gasteiger charge is -2.30. The summed E-state index contributed by atoms with van der Waals surface area (Å²) >= 11 is 0. The SMILES string of the molecule is Cc1ccc(S(=O)(=O)N(OC(=O)C(F)(F)F)c2cc3cccnc3c(N3CCNCC3)n2)cc1. The predicted octanol–water partition coefficient (Wildman–Crippen LogP) is 2.56. The third-order valence-electron chi connectivity index (χ3n) is 5.09. The van der Waals surface area contributed by atoms with Gasteiger partial charge in [-0.3, -0.25) is 4.98 Å². The summed E-state index contributed by atoms with van der Waals surface area (Å²) in [5.41, 5.74) is 1.16. The average Bonchev–Trinajstić information content (AvgIpc) is 2.81. The van der Waals surface area contributed by atoms with E-state index in [9.17, 15) is 26.4 Å². The molecule has 1 saturated heterocycles. The second kappa shape index (κ2) is 9.06. The fourth-order valence-corrected chi connectivity index (χ4v) is 4.57. The lowest BCUT2D eigenvalue weighted by molar-refractivity contribution is -0.199. The van der Waals surface area contributed by atoms with E-state index in [2.05, 4.69) is 20.1 Å². The Bertz CT molecular complexity index is 1310. The molecule has 13 heteroatoms. The summed E-state index contributed by atoms with van der Waals surface area (Å²) < 4.78 is 65.7. The molecule has 0 amide bonds. The van der Waals surface area contributed by atoms with Crippen LogP contribution in [-0.2, 0) is 19.7 Å². The van der Waals surface area contributed by atoms with E-state index in [1.165, 1.54) is 36.5 Å². The predicted molar refractivity (Wildman–Crippen MR) is 118 cm³/mol. The van der Waals surface area contributed by atoms with Crippen LogP contribution < -0.4 is 14.7 Å². The van der Waals surface area contributed by atoms with Crippen molar-refractivity contribution in [2.24, 2.45) is 0 Å². The Morgan fingerprint density at radius 2 is 1.82 bits per heavy atom. The highest BCUT2D eigenvalue weighted by atomic mass is 32.2. The number of hydrogen-bond acceptors (Lipinski definition) is 8. The first-order valence-corrected chi connectivity index (χ1v) is 11.6. The van der Waals surface area contributed by atoms with Crippen LogP contribution in [0.3, 0.4) is 0 Å². The molecule has 4 rings (SSSR count). The number of piperazine rings is 1. The van der Waals surface area contributed by atoms with Gasteiger partial charge in [0, 0.05) is 37.8 Å². The van der Waals surface area contributed by atoms with Gasteiger partial charge < -0.3 is 15.1 Å². The summed E-state index contributed by atoms with van der Waals surface area (Å²) in [4.78, 5) is 26.2. The van der Waals surface area contributed by atoms with Gasteiger partial charge >= 0.3 is 12.1 Å². The molecular formula is C21H20F3N5O4S. The molecule has 0 saturated carbocycles. The van der Waals surface area contributed by atoms with Crippen molar-refractivity contribution in [3.05, 3.63) is 54.2 Å². The monoisotopic (exact) mass is 495 g/mol. The van der Waals surface area contributed by atoms with E-state index in [0.717, 1.165) is 5.56 Å². The molecule has 1 aromatic carbocycles. The molecule has 180 valence electrons. The zero-order valence-electron chi connectivity index (χ0n) is 17.9. The molecule has 9 nitrogen and oxygen atoms in total. The number of sulfonamides is 1. The Balaban J connectivity index is 1.89. The van der Waals surface area contributed by atoms with Crippen LogP contribution in [0.4, 0.5) is 24.8 Å². The Morgan fingerprint density at radius 3 is 2.47 bits per heavy atom. The first-order chi connectivity index (χ1) is 16.1. The molecule has 34 heavy (non-hydrogen) atoms. The maximum atomic E-state index is 13.3. The molecular weight excluding hydrogens is 475 g/mol. The minimum absolute atomic E-state index is 0.0778. The Kier molecular flexibility index (Phi) is 6.32. The maximum Gasteiger partial charge on any atom is 0.493 e. The van der Waals surface area contributed by atoms with Crippen LogP contribution in [0.15, 0.2) is 53.6 Å². The number of benzene rings is 1. The van der Waals surface area contributed by atoms with Gasteiger partial charge in [-0.2, -0.15) is 21.6 Å². The highest BCUT2D eigenvalue weighted by molar-refractivity contribution is 7.92. The molecule has 0 unspecified atom stereocenters. The molecule has 2 aromatic heterocycles. The second-order valence-electron chi connectivity index (χ2n) is 7.54. The zero-order valence-corrected chi connectivity index (χ0v) is 18.7. The number of fused-ring (bicyclic) bond motifs is 1. The fourth-order valence-electron chi connectivity index (χ4n) is 3.40. The number of rotatable bonds is 5. The molecule has 1 N–H and O–H groups in total. The number of anilines is 2. The number of carbonyl (C=O) groups is 1. The largest absolute Gasteiger partial charge is 0.493 e. The first kappa shape index (κ1) is 23.7. The molecule has 0 spiro atoms. The number of carbonyl (C=O) groups excluding carboxylic acids is 1. The van der Waals surface area contributed by atoms with Gasteiger partial charge in [0.2, 0.25) is 0 Å². The summed E-state index contributed by atoms with van der Waals surface area (Å²) in [6.07, 6.45) is -3.90. The Labute approximate surface area is 193 Å². The summed E-state index contributed by atoms with van der Waals surface area (Å²) in [7, 11) is -4.77. The van der Waals surface area contributed by atoms with Crippen molar-refractivity contribution in [1.82, 2.24) is 15.3 Å². The molecule has 0 atom stereocenters. The normalized spacial score (nSPS) is 14.8. The third kappa shape index (κ3) is 4.75. The molecule has 1 fully saturated rings. The van der Waals surface area contributed by atoms with E-state index in [-0.39, 0.29) is 15.2 Å². The standard InChI is InChI=1S/C21H20F3N5O4S/c1-14-4-6-16(7-5-14)34(31,32)29(33-20(30)21(22,23)24)17-13-15-3-2-8-26-18(15)19(27-17)28-11-9-25-10-12-28/h2-8,13,25H,9-12H2,1H3. The number of aryl methyl sites for hydroxylation is 1. The number of nitrogens with one attached hydrogen (secondary N) is 1. The van der Waals surface area contributed by atoms with Crippen LogP contribution in [0, 0.1) is 6.92 Å². The molecule has 0 bridgehead atoms. The lowest BCUT2D eigenvalue weighted by atomic mass is 10.2. The number of hydrogen-bond donors (Lipinski definition) is 1. The molecule has 1 aliphatic rings. The van der Waals surface area contributed by atoms with Gasteiger partial charge in [0.1, 0.15) is 5.52 Å². The third-order valence-corrected chi connectivity index (χ3v) is 6.66. The van der Waals surface area contributed by atoms with Crippen molar-refractivity contribution in [3.63, 3.8) is 0 Å². The molecule has 3 heterocycles. The smallest absolute Gasteiger partial charge is 0.352 e. The second-order valence-corrected chi connectivity index (χ2v) is 9.29. The number of pyridine rings is 2. The van der Waals surface area contributed by atoms with Crippen molar-refractivity contribution >= 4 is 38.5 Å². The quantitative estimate of drug-likeness (QED) is 0.539. The number of nitrogens with zero attached hydrogens (tertiary/aromatic N) is 4. The van der Waals surface area contributed by atoms with Gasteiger partial charge in [-0.15, -0.1) is 0 Å². The van der Waals surface area contributed by atoms with Crippen molar-refractivity contribution in [2.75, 3.05) is 35.5 Å². The maximum absolute atomic E-state index is 13.3. The van der Waals surface area contributed by atoms with Gasteiger partial charge in [-0.25, -0.2) is 9.78 Å². The van der Waals surface area contributed by atoms with Gasteiger partial charge in [-0.05, 0) is 31.2 Å². The van der Waals surface area contributed by atoms with Crippen molar-refractivity contribution in [3.8, 4) is 0 Å². The van der Waals surface area contributed by atoms with Crippen molar-refractivity contribution < 1.29 is 31.2 Å². The minimum Gasteiger partial charge on any atom is -0.352 e. The van der Waals surface area contributed by atoms with Gasteiger partial charge in [0.05, 0.1) is 4.90 Å². The van der Waals surface area contributed by atoms with Crippen molar-refractivity contribution in [2.45, 2.75) is 18.0 Å². The highest BCUT2D eigenvalue weighted by Crippen LogP contribution is 2.32. The molecule has 0 radical (unpaired) electrons. The first-order valence-electron chi connectivity index (χ1n) is 10.2. The summed E-state index contributed by atoms with van der Waals surface area (Å²) in [5.74, 6) is -2.94. The molecule has 3 aromatic rings. The summed E-state index contributed by atoms with van der Waals surface area (Å²) in [5, 5.41) is 3.58. The number of alkyl halides is 3. The molecule has 0 aliphatic carbocycles. The number of aromatic nitrogens is 2. The van der Waals surface area contributed by atoms with Gasteiger partial charge in [0.15, 0.2) is 11.6 Å². The zero-order chi connectivity index (χ0) is 24.5. The van der Waals surface area contributed by atoms with Gasteiger partial charge in [-0.1, -0.05) is 28.2 Å². The summed E-state index contributed by atoms with van der Waals surface area (Å²) in [6.45, 7) is 3.98. The van der Waals surface area contributed by atoms with E-state index in [0.29, 0.717) is 37.1 Å². The topological polar surface area (TPSA) is 105 Å². The van der Waals surface area contributed by atoms with E-state index < -0.39 is 28.0 Å². The van der Waals surface area contributed by atoms with Crippen LogP contribution >= 0.6 is 0 Å². The van der Waals surface area contributed by atoms with Crippen LogP contribution in [-0.4, -0.2) is 56.7 Å². The van der Waals surface area contributed by atoms with Crippen LogP contribution in [0.5, 0.6) is 0 Å². The van der Waals surface area contributed by atoms with E-state index >= 15 is 0 Å². The fraction of sp³-hybridized carbons (Fsp3) is 0.286. The molecule has 1 aliphatic heterocycles. The van der Waals surface area contributed by atoms with E-state index in [1.807, 2.05) is 4.90 Å². The average molecular weight is 495 g/mol. The minimum atomic E-state index is -5.43. The van der Waals surface area contributed by atoms with Crippen LogP contribution in [0.2, 0.25) is 0 Å². The Morgan fingerprint density at radius 1 is 1.15 bits per heavy atom. The Hall–Kier alpha value is -3.45. The van der Waals surface area contributed by atoms with Gasteiger partial charge in [0.25, 0.3) is 10.0 Å². The van der Waals surface area contributed by atoms with Crippen LogP contribution in [0.1, 0.15) is 5.56 Å².